The van der Waals surface area contributed by atoms with Crippen molar-refractivity contribution in [3.8, 4) is 16.9 Å². The monoisotopic (exact) mass is 406 g/mol. The molecule has 152 valence electrons. The van der Waals surface area contributed by atoms with Gasteiger partial charge >= 0.3 is 12.3 Å². The summed E-state index contributed by atoms with van der Waals surface area (Å²) in [6.45, 7) is 0.485. The van der Waals surface area contributed by atoms with Crippen LogP contribution in [0.4, 0.5) is 18.0 Å². The molecule has 2 aromatic carbocycles. The van der Waals surface area contributed by atoms with E-state index in [1.165, 1.54) is 12.1 Å². The summed E-state index contributed by atoms with van der Waals surface area (Å²) in [4.78, 5) is 25.5. The maximum absolute atomic E-state index is 13.0. The average Bonchev–Trinajstić information content (AvgIpc) is 3.01. The van der Waals surface area contributed by atoms with Crippen LogP contribution in [0.5, 0.6) is 5.75 Å². The fourth-order valence-corrected chi connectivity index (χ4v) is 3.80. The van der Waals surface area contributed by atoms with Crippen molar-refractivity contribution in [2.24, 2.45) is 0 Å². The van der Waals surface area contributed by atoms with Crippen LogP contribution in [-0.4, -0.2) is 47.2 Å². The Balaban J connectivity index is 1.61. The normalized spacial score (nSPS) is 21.1. The molecule has 0 radical (unpaired) electrons. The Morgan fingerprint density at radius 2 is 1.83 bits per heavy atom. The highest BCUT2D eigenvalue weighted by Gasteiger charge is 2.39. The predicted molar refractivity (Wildman–Crippen MR) is 96.8 cm³/mol. The molecular weight excluding hydrogens is 389 g/mol. The molecule has 0 aromatic heterocycles. The quantitative estimate of drug-likeness (QED) is 0.799. The van der Waals surface area contributed by atoms with Crippen LogP contribution < -0.4 is 10.1 Å². The summed E-state index contributed by atoms with van der Waals surface area (Å²) in [5.41, 5.74) is 0.696. The largest absolute Gasteiger partial charge is 0.491 e. The molecule has 1 saturated heterocycles. The predicted octanol–water partition coefficient (Wildman–Crippen LogP) is 3.62. The highest BCUT2D eigenvalue weighted by molar-refractivity contribution is 5.99. The van der Waals surface area contributed by atoms with Gasteiger partial charge in [-0.25, -0.2) is 4.79 Å². The number of carbonyl (C=O) groups is 2. The highest BCUT2D eigenvalue weighted by Crippen LogP contribution is 2.35. The molecule has 2 aromatic rings. The minimum Gasteiger partial charge on any atom is -0.491 e. The molecule has 2 aliphatic heterocycles. The summed E-state index contributed by atoms with van der Waals surface area (Å²) in [6, 6.07) is 9.02. The van der Waals surface area contributed by atoms with Crippen LogP contribution in [0.3, 0.4) is 0 Å². The number of nitrogens with zero attached hydrogens (tertiary/aromatic N) is 1. The summed E-state index contributed by atoms with van der Waals surface area (Å²) in [5.74, 6) is 0.119. The van der Waals surface area contributed by atoms with Crippen molar-refractivity contribution in [1.82, 2.24) is 10.2 Å². The number of fused-ring (bicyclic) bond motifs is 2. The minimum atomic E-state index is -4.42. The van der Waals surface area contributed by atoms with Gasteiger partial charge in [-0.05, 0) is 41.8 Å². The number of hydrogen-bond acceptors (Lipinski definition) is 3. The van der Waals surface area contributed by atoms with Gasteiger partial charge in [-0.3, -0.25) is 4.79 Å². The molecule has 0 spiro atoms. The molecule has 0 aliphatic carbocycles. The molecular formula is C20H17F3N2O4. The minimum absolute atomic E-state index is 0.239. The lowest BCUT2D eigenvalue weighted by Gasteiger charge is -2.20. The van der Waals surface area contributed by atoms with E-state index in [1.54, 1.807) is 23.1 Å². The van der Waals surface area contributed by atoms with E-state index in [9.17, 15) is 22.8 Å². The summed E-state index contributed by atoms with van der Waals surface area (Å²) < 4.78 is 44.1. The number of rotatable bonds is 2. The lowest BCUT2D eigenvalue weighted by atomic mass is 10.0. The molecule has 0 unspecified atom stereocenters. The maximum atomic E-state index is 13.0. The number of alkyl halides is 3. The van der Waals surface area contributed by atoms with E-state index in [1.807, 2.05) is 0 Å². The second kappa shape index (κ2) is 6.98. The lowest BCUT2D eigenvalue weighted by Crippen LogP contribution is -2.39. The molecule has 6 nitrogen and oxygen atoms in total. The van der Waals surface area contributed by atoms with Gasteiger partial charge in [0.1, 0.15) is 12.4 Å². The Bertz CT molecular complexity index is 959. The topological polar surface area (TPSA) is 78.9 Å². The van der Waals surface area contributed by atoms with E-state index in [0.29, 0.717) is 28.9 Å². The zero-order chi connectivity index (χ0) is 20.8. The molecule has 9 heteroatoms. The Labute approximate surface area is 163 Å². The van der Waals surface area contributed by atoms with Gasteiger partial charge < -0.3 is 20.1 Å². The van der Waals surface area contributed by atoms with Gasteiger partial charge in [-0.2, -0.15) is 13.2 Å². The first-order chi connectivity index (χ1) is 13.7. The molecule has 2 heterocycles. The Morgan fingerprint density at radius 3 is 2.48 bits per heavy atom. The fourth-order valence-electron chi connectivity index (χ4n) is 3.80. The number of ether oxygens (including phenoxy) is 1. The van der Waals surface area contributed by atoms with Gasteiger partial charge in [-0.1, -0.05) is 18.2 Å². The number of nitrogens with one attached hydrogen (secondary N) is 1. The maximum Gasteiger partial charge on any atom is 0.416 e. The molecule has 1 fully saturated rings. The third kappa shape index (κ3) is 3.72. The van der Waals surface area contributed by atoms with Crippen LogP contribution in [0.1, 0.15) is 22.3 Å². The number of benzene rings is 2. The molecule has 2 N–H and O–H groups in total. The van der Waals surface area contributed by atoms with Crippen LogP contribution in [0, 0.1) is 0 Å². The van der Waals surface area contributed by atoms with Crippen molar-refractivity contribution >= 4 is 12.0 Å². The van der Waals surface area contributed by atoms with Crippen molar-refractivity contribution in [2.45, 2.75) is 24.7 Å². The number of carbonyl (C=O) groups excluding carboxylic acids is 1. The van der Waals surface area contributed by atoms with Crippen molar-refractivity contribution < 1.29 is 32.6 Å². The van der Waals surface area contributed by atoms with E-state index in [4.69, 9.17) is 9.84 Å². The van der Waals surface area contributed by atoms with Crippen LogP contribution in [-0.2, 0) is 6.18 Å². The zero-order valence-electron chi connectivity index (χ0n) is 15.1. The number of carboxylic acid groups (broad SMARTS) is 1. The van der Waals surface area contributed by atoms with Crippen LogP contribution >= 0.6 is 0 Å². The van der Waals surface area contributed by atoms with Crippen molar-refractivity contribution in [3.05, 3.63) is 53.6 Å². The second-order valence-corrected chi connectivity index (χ2v) is 7.09. The number of hydrogen-bond donors (Lipinski definition) is 2. The van der Waals surface area contributed by atoms with Crippen LogP contribution in [0.25, 0.3) is 11.1 Å². The van der Waals surface area contributed by atoms with Gasteiger partial charge in [0.25, 0.3) is 5.91 Å². The molecule has 0 saturated carbocycles. The molecule has 4 rings (SSSR count). The first kappa shape index (κ1) is 19.1. The zero-order valence-corrected chi connectivity index (χ0v) is 15.1. The highest BCUT2D eigenvalue weighted by atomic mass is 19.4. The first-order valence-corrected chi connectivity index (χ1v) is 8.97. The summed E-state index contributed by atoms with van der Waals surface area (Å²) in [6.07, 6.45) is -5.11. The Hall–Kier alpha value is -3.23. The van der Waals surface area contributed by atoms with Gasteiger partial charge in [0, 0.05) is 6.54 Å². The standard InChI is InChI=1S/C20H17F3N2O4/c21-20(22,23)13-4-1-11(2-5-13)12-3-6-17-16(7-12)18(26)25-9-14(24-19(27)28)8-15(25)10-29-17/h1-7,14-15,24H,8-10H2,(H,27,28)/t14-,15-/m1/s1. The van der Waals surface area contributed by atoms with Crippen LogP contribution in [0.15, 0.2) is 42.5 Å². The molecule has 0 bridgehead atoms. The second-order valence-electron chi connectivity index (χ2n) is 7.09. The van der Waals surface area contributed by atoms with Crippen molar-refractivity contribution in [3.63, 3.8) is 0 Å². The Kier molecular flexibility index (Phi) is 4.60. The van der Waals surface area contributed by atoms with E-state index in [-0.39, 0.29) is 31.1 Å². The molecule has 2 aliphatic rings. The van der Waals surface area contributed by atoms with Gasteiger partial charge in [-0.15, -0.1) is 0 Å². The summed E-state index contributed by atoms with van der Waals surface area (Å²) in [5, 5.41) is 11.3. The average molecular weight is 406 g/mol. The van der Waals surface area contributed by atoms with E-state index < -0.39 is 17.8 Å². The van der Waals surface area contributed by atoms with Crippen LogP contribution in [0.2, 0.25) is 0 Å². The smallest absolute Gasteiger partial charge is 0.416 e. The molecule has 2 atom stereocenters. The fraction of sp³-hybridized carbons (Fsp3) is 0.300. The van der Waals surface area contributed by atoms with Gasteiger partial charge in [0.05, 0.1) is 23.2 Å². The van der Waals surface area contributed by atoms with E-state index in [2.05, 4.69) is 5.32 Å². The summed E-state index contributed by atoms with van der Waals surface area (Å²) >= 11 is 0. The number of halogens is 3. The molecule has 29 heavy (non-hydrogen) atoms. The third-order valence-electron chi connectivity index (χ3n) is 5.19. The first-order valence-electron chi connectivity index (χ1n) is 8.97. The van der Waals surface area contributed by atoms with Gasteiger partial charge in [0.15, 0.2) is 0 Å². The van der Waals surface area contributed by atoms with Crippen molar-refractivity contribution in [2.75, 3.05) is 13.2 Å². The van der Waals surface area contributed by atoms with E-state index >= 15 is 0 Å². The van der Waals surface area contributed by atoms with Gasteiger partial charge in [0.2, 0.25) is 0 Å². The third-order valence-corrected chi connectivity index (χ3v) is 5.19. The molecule has 2 amide bonds. The van der Waals surface area contributed by atoms with Crippen molar-refractivity contribution in [1.29, 1.82) is 0 Å². The summed E-state index contributed by atoms with van der Waals surface area (Å²) in [7, 11) is 0. The Morgan fingerprint density at radius 1 is 1.14 bits per heavy atom. The number of amides is 2. The van der Waals surface area contributed by atoms with E-state index in [0.717, 1.165) is 12.1 Å². The lowest BCUT2D eigenvalue weighted by molar-refractivity contribution is -0.137. The SMILES string of the molecule is O=C(O)N[C@@H]1C[C@@H]2COc3ccc(-c4ccc(C(F)(F)F)cc4)cc3C(=O)N2C1.